The largest absolute Gasteiger partial charge is 0.457 e. The van der Waals surface area contributed by atoms with Crippen LogP contribution >= 0.6 is 0 Å². The number of benzene rings is 6. The van der Waals surface area contributed by atoms with Gasteiger partial charge in [0, 0.05) is 35.1 Å². The van der Waals surface area contributed by atoms with E-state index in [1.807, 2.05) is 6.20 Å². The highest BCUT2D eigenvalue weighted by molar-refractivity contribution is 6.24. The fourth-order valence-corrected chi connectivity index (χ4v) is 8.92. The first-order valence-corrected chi connectivity index (χ1v) is 21.1. The van der Waals surface area contributed by atoms with Gasteiger partial charge in [0.15, 0.2) is 5.58 Å². The summed E-state index contributed by atoms with van der Waals surface area (Å²) in [5, 5.41) is 4.41. The number of anilines is 4. The Morgan fingerprint density at radius 1 is 0.567 bits per heavy atom. The van der Waals surface area contributed by atoms with Crippen LogP contribution in [0.2, 0.25) is 0 Å². The van der Waals surface area contributed by atoms with E-state index in [0.717, 1.165) is 61.4 Å². The molecular formula is C54H52N4O2. The molecule has 0 amide bonds. The molecule has 0 fully saturated rings. The van der Waals surface area contributed by atoms with E-state index in [9.17, 15) is 0 Å². The Balaban J connectivity index is 1.12. The van der Waals surface area contributed by atoms with Gasteiger partial charge in [-0.05, 0) is 104 Å². The summed E-state index contributed by atoms with van der Waals surface area (Å²) in [6.45, 7) is 21.1. The lowest BCUT2D eigenvalue weighted by Crippen LogP contribution is -2.27. The zero-order chi connectivity index (χ0) is 41.7. The molecule has 10 rings (SSSR count). The van der Waals surface area contributed by atoms with Crippen LogP contribution in [0.25, 0.3) is 49.6 Å². The number of hydrogen-bond donors (Lipinski definition) is 0. The molecule has 0 bridgehead atoms. The van der Waals surface area contributed by atoms with Crippen LogP contribution in [-0.4, -0.2) is 16.2 Å². The molecule has 6 heteroatoms. The van der Waals surface area contributed by atoms with E-state index in [4.69, 9.17) is 14.1 Å². The number of nitrogens with zero attached hydrogens (tertiary/aromatic N) is 4. The summed E-state index contributed by atoms with van der Waals surface area (Å²) in [4.78, 5) is 9.88. The second kappa shape index (κ2) is 13.5. The number of rotatable bonds is 5. The van der Waals surface area contributed by atoms with Crippen molar-refractivity contribution in [3.8, 4) is 17.3 Å². The van der Waals surface area contributed by atoms with Gasteiger partial charge in [-0.2, -0.15) is 0 Å². The molecule has 4 heterocycles. The fourth-order valence-electron chi connectivity index (χ4n) is 8.92. The van der Waals surface area contributed by atoms with Gasteiger partial charge in [-0.25, -0.2) is 4.98 Å². The second-order valence-corrected chi connectivity index (χ2v) is 19.4. The summed E-state index contributed by atoms with van der Waals surface area (Å²) in [6, 6.07) is 47.7. The van der Waals surface area contributed by atoms with Crippen molar-refractivity contribution in [2.45, 2.75) is 78.6 Å². The Morgan fingerprint density at radius 3 is 2.02 bits per heavy atom. The maximum atomic E-state index is 6.98. The zero-order valence-corrected chi connectivity index (χ0v) is 36.1. The Labute approximate surface area is 352 Å². The monoisotopic (exact) mass is 788 g/mol. The van der Waals surface area contributed by atoms with Crippen LogP contribution in [0.4, 0.5) is 22.7 Å². The number of furan rings is 1. The summed E-state index contributed by atoms with van der Waals surface area (Å²) >= 11 is 0. The van der Waals surface area contributed by atoms with Crippen molar-refractivity contribution >= 4 is 66.5 Å². The highest BCUT2D eigenvalue weighted by Crippen LogP contribution is 2.49. The quantitative estimate of drug-likeness (QED) is 0.174. The van der Waals surface area contributed by atoms with Gasteiger partial charge in [-0.1, -0.05) is 123 Å². The highest BCUT2D eigenvalue weighted by atomic mass is 16.5. The van der Waals surface area contributed by atoms with E-state index in [0.29, 0.717) is 6.67 Å². The number of pyridine rings is 1. The molecule has 0 saturated heterocycles. The lowest BCUT2D eigenvalue weighted by Gasteiger charge is -2.30. The molecule has 0 spiro atoms. The molecule has 300 valence electrons. The highest BCUT2D eigenvalue weighted by Gasteiger charge is 2.32. The third-order valence-electron chi connectivity index (χ3n) is 12.1. The maximum Gasteiger partial charge on any atom is 0.161 e. The Bertz CT molecular complexity index is 3130. The standard InChI is InChI=1S/C54H52N4O2/c1-52(2,3)35-26-27-55-48(30-35)58-46-32-38(23-24-41(46)51-50(58)49-40-17-11-10-16-34(40)22-25-47(49)60-51)59-39-29-36(53(4,5)6)28-37(31-39)56-33-57(45-21-15-14-20-44(45)56)43-19-13-12-18-42(43)54(7,8)9/h10-32H,33H2,1-9H3. The molecule has 0 saturated carbocycles. The fraction of sp³-hybridized carbons (Fsp3) is 0.241. The maximum absolute atomic E-state index is 6.98. The van der Waals surface area contributed by atoms with Crippen LogP contribution in [0.3, 0.4) is 0 Å². The average molecular weight is 789 g/mol. The summed E-state index contributed by atoms with van der Waals surface area (Å²) in [6.07, 6.45) is 1.92. The van der Waals surface area contributed by atoms with Crippen LogP contribution in [0, 0.1) is 0 Å². The van der Waals surface area contributed by atoms with E-state index < -0.39 is 0 Å². The molecule has 0 N–H and O–H groups in total. The smallest absolute Gasteiger partial charge is 0.161 e. The molecule has 1 aliphatic rings. The van der Waals surface area contributed by atoms with Gasteiger partial charge >= 0.3 is 0 Å². The first-order chi connectivity index (χ1) is 28.6. The predicted octanol–water partition coefficient (Wildman–Crippen LogP) is 15.0. The van der Waals surface area contributed by atoms with E-state index in [-0.39, 0.29) is 16.2 Å². The first-order valence-electron chi connectivity index (χ1n) is 21.1. The number of hydrogen-bond acceptors (Lipinski definition) is 5. The van der Waals surface area contributed by atoms with Crippen molar-refractivity contribution in [3.05, 3.63) is 156 Å². The van der Waals surface area contributed by atoms with Crippen LogP contribution in [0.1, 0.15) is 79.0 Å². The molecular weight excluding hydrogens is 737 g/mol. The third kappa shape index (κ3) is 6.28. The normalized spacial score (nSPS) is 13.6. The molecule has 6 aromatic carbocycles. The zero-order valence-electron chi connectivity index (χ0n) is 36.1. The number of ether oxygens (including phenoxy) is 1. The topological polar surface area (TPSA) is 46.7 Å². The predicted molar refractivity (Wildman–Crippen MR) is 250 cm³/mol. The Kier molecular flexibility index (Phi) is 8.49. The molecule has 0 aliphatic carbocycles. The lowest BCUT2D eigenvalue weighted by atomic mass is 9.85. The molecule has 0 unspecified atom stereocenters. The summed E-state index contributed by atoms with van der Waals surface area (Å²) in [7, 11) is 0. The van der Waals surface area contributed by atoms with Gasteiger partial charge in [0.2, 0.25) is 0 Å². The summed E-state index contributed by atoms with van der Waals surface area (Å²) in [5.41, 5.74) is 11.9. The van der Waals surface area contributed by atoms with Gasteiger partial charge in [0.25, 0.3) is 0 Å². The minimum atomic E-state index is -0.122. The molecule has 0 atom stereocenters. The van der Waals surface area contributed by atoms with Crippen molar-refractivity contribution in [3.63, 3.8) is 0 Å². The van der Waals surface area contributed by atoms with E-state index >= 15 is 0 Å². The molecule has 3 aromatic heterocycles. The lowest BCUT2D eigenvalue weighted by molar-refractivity contribution is 0.479. The number of aromatic nitrogens is 2. The Hall–Kier alpha value is -6.53. The SMILES string of the molecule is CC(C)(C)c1cc(Oc2ccc3c4oc5ccc6ccccc6c5c4n(-c4cc(C(C)(C)C)ccn4)c3c2)cc(N2CN(c3ccccc3C(C)(C)C)c3ccccc32)c1. The number of para-hydroxylation sites is 3. The van der Waals surface area contributed by atoms with Gasteiger partial charge in [-0.15, -0.1) is 0 Å². The Morgan fingerprint density at radius 2 is 1.27 bits per heavy atom. The van der Waals surface area contributed by atoms with Crippen molar-refractivity contribution in [2.24, 2.45) is 0 Å². The third-order valence-corrected chi connectivity index (χ3v) is 12.1. The summed E-state index contributed by atoms with van der Waals surface area (Å²) in [5.74, 6) is 2.37. The van der Waals surface area contributed by atoms with Crippen LogP contribution in [-0.2, 0) is 16.2 Å². The van der Waals surface area contributed by atoms with Crippen molar-refractivity contribution < 1.29 is 9.15 Å². The van der Waals surface area contributed by atoms with Gasteiger partial charge in [0.1, 0.15) is 35.1 Å². The van der Waals surface area contributed by atoms with E-state index in [2.05, 4.69) is 210 Å². The van der Waals surface area contributed by atoms with Crippen molar-refractivity contribution in [2.75, 3.05) is 16.5 Å². The molecule has 60 heavy (non-hydrogen) atoms. The van der Waals surface area contributed by atoms with Gasteiger partial charge < -0.3 is 19.0 Å². The van der Waals surface area contributed by atoms with Crippen LogP contribution in [0.5, 0.6) is 11.5 Å². The second-order valence-electron chi connectivity index (χ2n) is 19.4. The van der Waals surface area contributed by atoms with E-state index in [1.165, 1.54) is 39.1 Å². The number of fused-ring (bicyclic) bond motifs is 8. The van der Waals surface area contributed by atoms with E-state index in [1.54, 1.807) is 0 Å². The van der Waals surface area contributed by atoms with Gasteiger partial charge in [0.05, 0.1) is 22.3 Å². The minimum Gasteiger partial charge on any atom is -0.457 e. The molecule has 9 aromatic rings. The molecule has 1 aliphatic heterocycles. The minimum absolute atomic E-state index is 0.0119. The van der Waals surface area contributed by atoms with Crippen molar-refractivity contribution in [1.82, 2.24) is 9.55 Å². The average Bonchev–Trinajstić information content (AvgIpc) is 3.89. The molecule has 6 nitrogen and oxygen atoms in total. The molecule has 0 radical (unpaired) electrons. The van der Waals surface area contributed by atoms with Crippen LogP contribution < -0.4 is 14.5 Å². The van der Waals surface area contributed by atoms with Crippen LogP contribution in [0.15, 0.2) is 144 Å². The summed E-state index contributed by atoms with van der Waals surface area (Å²) < 4.78 is 16.0. The van der Waals surface area contributed by atoms with Gasteiger partial charge in [-0.3, -0.25) is 4.57 Å². The first kappa shape index (κ1) is 37.7. The van der Waals surface area contributed by atoms with Crippen molar-refractivity contribution in [1.29, 1.82) is 0 Å².